The van der Waals surface area contributed by atoms with E-state index < -0.39 is 0 Å². The fourth-order valence-corrected chi connectivity index (χ4v) is 1.12. The molecule has 1 atom stereocenters. The summed E-state index contributed by atoms with van der Waals surface area (Å²) in [4.78, 5) is 0. The van der Waals surface area contributed by atoms with Crippen LogP contribution in [0.15, 0.2) is 24.3 Å². The number of para-hydroxylation sites is 2. The molecule has 1 aromatic carbocycles. The molecule has 0 saturated carbocycles. The average Bonchev–Trinajstić information content (AvgIpc) is 2.30. The predicted octanol–water partition coefficient (Wildman–Crippen LogP) is -0.116. The van der Waals surface area contributed by atoms with Gasteiger partial charge < -0.3 is 10.4 Å². The van der Waals surface area contributed by atoms with E-state index >= 15 is 0 Å². The van der Waals surface area contributed by atoms with Gasteiger partial charge in [-0.1, -0.05) is 12.1 Å². The van der Waals surface area contributed by atoms with E-state index in [4.69, 9.17) is 0 Å². The number of hydroxylamine groups is 1. The fraction of sp³-hybridized carbons (Fsp3) is 0. The Morgan fingerprint density at radius 3 is 2.73 bits per heavy atom. The maximum Gasteiger partial charge on any atom is 0.347 e. The number of quaternary nitrogens is 1. The van der Waals surface area contributed by atoms with Crippen molar-refractivity contribution in [3.05, 3.63) is 34.7 Å². The molecule has 1 unspecified atom stereocenters. The third-order valence-electron chi connectivity index (χ3n) is 1.64. The highest BCUT2D eigenvalue weighted by Gasteiger charge is 2.23. The molecular formula is C7H6N2O2. The molecule has 1 N–H and O–H groups in total. The lowest BCUT2D eigenvalue weighted by Gasteiger charge is -2.05. The summed E-state index contributed by atoms with van der Waals surface area (Å²) in [6.45, 7) is 0. The number of rotatable bonds is 0. The van der Waals surface area contributed by atoms with Crippen LogP contribution in [0.1, 0.15) is 0 Å². The summed E-state index contributed by atoms with van der Waals surface area (Å²) in [6.07, 6.45) is 1.05. The van der Waals surface area contributed by atoms with E-state index in [1.54, 1.807) is 24.3 Å². The van der Waals surface area contributed by atoms with Crippen LogP contribution in [0.25, 0.3) is 0 Å². The van der Waals surface area contributed by atoms with Gasteiger partial charge in [-0.05, 0) is 0 Å². The zero-order chi connectivity index (χ0) is 7.84. The van der Waals surface area contributed by atoms with E-state index in [2.05, 4.69) is 0 Å². The minimum Gasteiger partial charge on any atom is -0.619 e. The highest BCUT2D eigenvalue weighted by molar-refractivity contribution is 5.63. The fourth-order valence-electron chi connectivity index (χ4n) is 1.12. The third kappa shape index (κ3) is 0.806. The molecule has 4 nitrogen and oxygen atoms in total. The Kier molecular flexibility index (Phi) is 1.18. The van der Waals surface area contributed by atoms with Crippen LogP contribution in [-0.2, 0) is 0 Å². The number of hydrogen-bond donors (Lipinski definition) is 1. The molecule has 4 heteroatoms. The predicted molar refractivity (Wildman–Crippen MR) is 39.8 cm³/mol. The van der Waals surface area contributed by atoms with E-state index in [1.165, 1.54) is 0 Å². The number of benzene rings is 1. The Morgan fingerprint density at radius 2 is 2.00 bits per heavy atom. The molecule has 56 valence electrons. The van der Waals surface area contributed by atoms with Crippen molar-refractivity contribution < 1.29 is 9.80 Å². The smallest absolute Gasteiger partial charge is 0.347 e. The lowest BCUT2D eigenvalue weighted by Crippen LogP contribution is -3.00. The average molecular weight is 150 g/mol. The Hall–Kier alpha value is -1.39. The SMILES string of the molecule is [O-][N+]1=C[NH+]([O-])c2ccccc21. The van der Waals surface area contributed by atoms with Crippen LogP contribution in [0.5, 0.6) is 0 Å². The zero-order valence-corrected chi connectivity index (χ0v) is 5.65. The van der Waals surface area contributed by atoms with Crippen molar-refractivity contribution in [2.24, 2.45) is 0 Å². The van der Waals surface area contributed by atoms with Gasteiger partial charge in [0.15, 0.2) is 0 Å². The maximum atomic E-state index is 11.0. The van der Waals surface area contributed by atoms with E-state index in [1.807, 2.05) is 0 Å². The first-order valence-corrected chi connectivity index (χ1v) is 3.23. The van der Waals surface area contributed by atoms with Gasteiger partial charge in [0.25, 0.3) is 5.69 Å². The normalized spacial score (nSPS) is 21.2. The monoisotopic (exact) mass is 150 g/mol. The molecule has 1 aliphatic rings. The molecule has 0 radical (unpaired) electrons. The van der Waals surface area contributed by atoms with Gasteiger partial charge in [-0.25, -0.2) is 0 Å². The second-order valence-corrected chi connectivity index (χ2v) is 2.34. The molecule has 1 heterocycles. The van der Waals surface area contributed by atoms with Gasteiger partial charge in [-0.3, -0.25) is 5.06 Å². The highest BCUT2D eigenvalue weighted by atomic mass is 16.5. The largest absolute Gasteiger partial charge is 0.619 e. The van der Waals surface area contributed by atoms with Crippen molar-refractivity contribution in [2.75, 3.05) is 0 Å². The molecule has 11 heavy (non-hydrogen) atoms. The van der Waals surface area contributed by atoms with Gasteiger partial charge in [-0.2, -0.15) is 0 Å². The van der Waals surface area contributed by atoms with Crippen molar-refractivity contribution in [2.45, 2.75) is 0 Å². The second-order valence-electron chi connectivity index (χ2n) is 2.34. The van der Waals surface area contributed by atoms with Crippen LogP contribution in [0, 0.1) is 10.4 Å². The zero-order valence-electron chi connectivity index (χ0n) is 5.65. The molecule has 0 fully saturated rings. The molecular weight excluding hydrogens is 144 g/mol. The number of nitrogens with zero attached hydrogens (tertiary/aromatic N) is 1. The highest BCUT2D eigenvalue weighted by Crippen LogP contribution is 2.21. The lowest BCUT2D eigenvalue weighted by molar-refractivity contribution is -0.669. The Morgan fingerprint density at radius 1 is 1.27 bits per heavy atom. The number of hydrogen-bond acceptors (Lipinski definition) is 2. The van der Waals surface area contributed by atoms with E-state index in [0.29, 0.717) is 16.1 Å². The van der Waals surface area contributed by atoms with E-state index in [0.717, 1.165) is 6.34 Å². The standard InChI is InChI=1S/C7H6N2O2/c10-8-5-9(11)7-4-2-1-3-6(7)8/h1-5,8H. The number of fused-ring (bicyclic) bond motifs is 1. The lowest BCUT2D eigenvalue weighted by atomic mass is 10.3. The topological polar surface area (TPSA) is 53.6 Å². The van der Waals surface area contributed by atoms with Gasteiger partial charge in [-0.15, -0.1) is 4.74 Å². The van der Waals surface area contributed by atoms with Gasteiger partial charge in [0, 0.05) is 12.1 Å². The van der Waals surface area contributed by atoms with Crippen molar-refractivity contribution in [3.8, 4) is 0 Å². The summed E-state index contributed by atoms with van der Waals surface area (Å²) in [5, 5.41) is 21.7. The minimum atomic E-state index is -0.212. The molecule has 0 aromatic heterocycles. The van der Waals surface area contributed by atoms with Gasteiger partial charge in [0.1, 0.15) is 0 Å². The van der Waals surface area contributed by atoms with Crippen LogP contribution in [0.2, 0.25) is 0 Å². The molecule has 1 aliphatic heterocycles. The molecule has 0 amide bonds. The molecule has 0 spiro atoms. The first-order valence-electron chi connectivity index (χ1n) is 3.23. The van der Waals surface area contributed by atoms with Crippen molar-refractivity contribution >= 4 is 17.7 Å². The van der Waals surface area contributed by atoms with E-state index in [-0.39, 0.29) is 5.06 Å². The Labute approximate surface area is 63.2 Å². The Balaban J connectivity index is 2.62. The maximum absolute atomic E-state index is 11.0. The minimum absolute atomic E-state index is 0.212. The van der Waals surface area contributed by atoms with Crippen LogP contribution < -0.4 is 5.06 Å². The summed E-state index contributed by atoms with van der Waals surface area (Å²) in [6, 6.07) is 6.75. The summed E-state index contributed by atoms with van der Waals surface area (Å²) in [5.74, 6) is 0. The summed E-state index contributed by atoms with van der Waals surface area (Å²) in [5.41, 5.74) is 0.931. The molecule has 1 aromatic rings. The van der Waals surface area contributed by atoms with Crippen molar-refractivity contribution in [3.63, 3.8) is 0 Å². The van der Waals surface area contributed by atoms with Crippen LogP contribution in [-0.4, -0.2) is 11.1 Å². The molecule has 0 aliphatic carbocycles. The summed E-state index contributed by atoms with van der Waals surface area (Å²) in [7, 11) is 0. The second kappa shape index (κ2) is 2.05. The van der Waals surface area contributed by atoms with Gasteiger partial charge in [0.2, 0.25) is 5.69 Å². The Bertz CT molecular complexity index is 322. The van der Waals surface area contributed by atoms with Gasteiger partial charge >= 0.3 is 6.34 Å². The molecule has 2 rings (SSSR count). The van der Waals surface area contributed by atoms with Crippen molar-refractivity contribution in [1.82, 2.24) is 0 Å². The van der Waals surface area contributed by atoms with Gasteiger partial charge in [0.05, 0.1) is 0 Å². The summed E-state index contributed by atoms with van der Waals surface area (Å²) < 4.78 is 0.595. The van der Waals surface area contributed by atoms with Crippen LogP contribution in [0.3, 0.4) is 0 Å². The molecule has 0 saturated heterocycles. The third-order valence-corrected chi connectivity index (χ3v) is 1.64. The van der Waals surface area contributed by atoms with Crippen LogP contribution >= 0.6 is 0 Å². The van der Waals surface area contributed by atoms with Crippen LogP contribution in [0.4, 0.5) is 11.4 Å². The summed E-state index contributed by atoms with van der Waals surface area (Å²) >= 11 is 0. The van der Waals surface area contributed by atoms with E-state index in [9.17, 15) is 10.4 Å². The number of nitrogens with one attached hydrogen (secondary N) is 1. The molecule has 0 bridgehead atoms. The first kappa shape index (κ1) is 6.33. The van der Waals surface area contributed by atoms with Crippen molar-refractivity contribution in [1.29, 1.82) is 0 Å². The quantitative estimate of drug-likeness (QED) is 0.414. The first-order chi connectivity index (χ1) is 5.29.